The topological polar surface area (TPSA) is 46.5 Å². The fourth-order valence-corrected chi connectivity index (χ4v) is 3.62. The zero-order chi connectivity index (χ0) is 17.8. The molecule has 0 aliphatic carbocycles. The Morgan fingerprint density at radius 3 is 2.85 bits per heavy atom. The highest BCUT2D eigenvalue weighted by molar-refractivity contribution is 5.87. The predicted molar refractivity (Wildman–Crippen MR) is 90.9 cm³/mol. The smallest absolute Gasteiger partial charge is 0.168 e. The molecule has 4 aromatic rings. The molecule has 1 N–H and O–H groups in total. The SMILES string of the molecule is Fc1cc(F)c(F)c(-c2nc3n(c2-c2ccc4[nH]ncc4c2)CCC3)c1. The van der Waals surface area contributed by atoms with Crippen LogP contribution in [0.3, 0.4) is 0 Å². The highest BCUT2D eigenvalue weighted by Gasteiger charge is 2.26. The van der Waals surface area contributed by atoms with Crippen LogP contribution in [0.1, 0.15) is 12.2 Å². The first-order chi connectivity index (χ1) is 12.6. The van der Waals surface area contributed by atoms with E-state index in [1.807, 2.05) is 22.8 Å². The van der Waals surface area contributed by atoms with E-state index in [9.17, 15) is 13.2 Å². The third kappa shape index (κ3) is 2.16. The minimum absolute atomic E-state index is 0.160. The lowest BCUT2D eigenvalue weighted by Crippen LogP contribution is -1.98. The number of nitrogens with zero attached hydrogens (tertiary/aromatic N) is 3. The summed E-state index contributed by atoms with van der Waals surface area (Å²) in [6, 6.07) is 7.20. The number of halogens is 3. The van der Waals surface area contributed by atoms with E-state index in [0.29, 0.717) is 11.8 Å². The van der Waals surface area contributed by atoms with Crippen molar-refractivity contribution < 1.29 is 13.2 Å². The van der Waals surface area contributed by atoms with Crippen molar-refractivity contribution in [3.63, 3.8) is 0 Å². The Kier molecular flexibility index (Phi) is 3.19. The summed E-state index contributed by atoms with van der Waals surface area (Å²) in [5, 5.41) is 7.79. The van der Waals surface area contributed by atoms with Gasteiger partial charge in [-0.1, -0.05) is 6.07 Å². The molecule has 3 heterocycles. The van der Waals surface area contributed by atoms with Crippen molar-refractivity contribution in [2.45, 2.75) is 19.4 Å². The molecular weight excluding hydrogens is 341 g/mol. The maximum absolute atomic E-state index is 14.4. The molecular formula is C19H13F3N4. The maximum Gasteiger partial charge on any atom is 0.168 e. The molecule has 0 spiro atoms. The number of nitrogens with one attached hydrogen (secondary N) is 1. The highest BCUT2D eigenvalue weighted by Crippen LogP contribution is 2.38. The number of rotatable bonds is 2. The van der Waals surface area contributed by atoms with Gasteiger partial charge in [0.05, 0.1) is 23.1 Å². The number of imidazole rings is 1. The predicted octanol–water partition coefficient (Wildman–Crippen LogP) is 4.46. The van der Waals surface area contributed by atoms with Crippen LogP contribution in [0.15, 0.2) is 36.5 Å². The van der Waals surface area contributed by atoms with Gasteiger partial charge in [0.1, 0.15) is 11.6 Å². The van der Waals surface area contributed by atoms with Gasteiger partial charge in [-0.05, 0) is 24.6 Å². The molecule has 130 valence electrons. The van der Waals surface area contributed by atoms with Crippen molar-refractivity contribution in [1.82, 2.24) is 19.7 Å². The third-order valence-corrected chi connectivity index (χ3v) is 4.79. The lowest BCUT2D eigenvalue weighted by Gasteiger charge is -2.10. The Morgan fingerprint density at radius 1 is 1.08 bits per heavy atom. The summed E-state index contributed by atoms with van der Waals surface area (Å²) in [7, 11) is 0. The van der Waals surface area contributed by atoms with Crippen LogP contribution in [0.5, 0.6) is 0 Å². The summed E-state index contributed by atoms with van der Waals surface area (Å²) in [6.07, 6.45) is 3.38. The molecule has 0 unspecified atom stereocenters. The summed E-state index contributed by atoms with van der Waals surface area (Å²) in [5.74, 6) is -2.34. The number of hydrogen-bond donors (Lipinski definition) is 1. The quantitative estimate of drug-likeness (QED) is 0.541. The van der Waals surface area contributed by atoms with E-state index in [0.717, 1.165) is 47.7 Å². The molecule has 4 nitrogen and oxygen atoms in total. The minimum Gasteiger partial charge on any atom is -0.327 e. The third-order valence-electron chi connectivity index (χ3n) is 4.79. The number of benzene rings is 2. The van der Waals surface area contributed by atoms with Crippen molar-refractivity contribution in [3.8, 4) is 22.5 Å². The molecule has 0 amide bonds. The van der Waals surface area contributed by atoms with Crippen LogP contribution < -0.4 is 0 Å². The highest BCUT2D eigenvalue weighted by atomic mass is 19.2. The molecule has 5 rings (SSSR count). The zero-order valence-electron chi connectivity index (χ0n) is 13.6. The number of aromatic amines is 1. The Morgan fingerprint density at radius 2 is 1.96 bits per heavy atom. The summed E-state index contributed by atoms with van der Waals surface area (Å²) < 4.78 is 43.9. The average Bonchev–Trinajstić information content (AvgIpc) is 3.32. The van der Waals surface area contributed by atoms with E-state index < -0.39 is 17.5 Å². The first-order valence-electron chi connectivity index (χ1n) is 8.29. The van der Waals surface area contributed by atoms with Crippen LogP contribution in [-0.2, 0) is 13.0 Å². The van der Waals surface area contributed by atoms with Gasteiger partial charge >= 0.3 is 0 Å². The van der Waals surface area contributed by atoms with E-state index in [1.165, 1.54) is 0 Å². The molecule has 2 aromatic carbocycles. The second-order valence-corrected chi connectivity index (χ2v) is 6.40. The van der Waals surface area contributed by atoms with Crippen LogP contribution in [-0.4, -0.2) is 19.7 Å². The summed E-state index contributed by atoms with van der Waals surface area (Å²) >= 11 is 0. The monoisotopic (exact) mass is 354 g/mol. The number of fused-ring (bicyclic) bond motifs is 2. The summed E-state index contributed by atoms with van der Waals surface area (Å²) in [6.45, 7) is 0.737. The molecule has 0 bridgehead atoms. The van der Waals surface area contributed by atoms with Crippen molar-refractivity contribution in [2.24, 2.45) is 0 Å². The van der Waals surface area contributed by atoms with Gasteiger partial charge in [0.2, 0.25) is 0 Å². The van der Waals surface area contributed by atoms with Gasteiger partial charge in [-0.15, -0.1) is 0 Å². The fourth-order valence-electron chi connectivity index (χ4n) is 3.62. The standard InChI is InChI=1S/C19H13F3N4/c20-12-7-13(17(22)14(21)8-12)18-19(26-5-1-2-16(26)24-18)10-3-4-15-11(6-10)9-23-25-15/h3-4,6-9H,1-2,5H2,(H,23,25). The molecule has 0 saturated carbocycles. The lowest BCUT2D eigenvalue weighted by atomic mass is 10.0. The van der Waals surface area contributed by atoms with E-state index in [4.69, 9.17) is 0 Å². The van der Waals surface area contributed by atoms with Gasteiger partial charge in [0.25, 0.3) is 0 Å². The summed E-state index contributed by atoms with van der Waals surface area (Å²) in [5.41, 5.74) is 2.45. The molecule has 0 atom stereocenters. The molecule has 2 aromatic heterocycles. The Balaban J connectivity index is 1.80. The fraction of sp³-hybridized carbons (Fsp3) is 0.158. The van der Waals surface area contributed by atoms with Crippen LogP contribution >= 0.6 is 0 Å². The van der Waals surface area contributed by atoms with Gasteiger partial charge in [0.15, 0.2) is 11.6 Å². The number of aromatic nitrogens is 4. The Hall–Kier alpha value is -3.09. The van der Waals surface area contributed by atoms with Crippen molar-refractivity contribution in [2.75, 3.05) is 0 Å². The van der Waals surface area contributed by atoms with Crippen LogP contribution in [0.2, 0.25) is 0 Å². The summed E-state index contributed by atoms with van der Waals surface area (Å²) in [4.78, 5) is 4.51. The average molecular weight is 354 g/mol. The zero-order valence-corrected chi connectivity index (χ0v) is 13.6. The molecule has 7 heteroatoms. The van der Waals surface area contributed by atoms with Gasteiger partial charge in [-0.2, -0.15) is 5.10 Å². The second-order valence-electron chi connectivity index (χ2n) is 6.40. The van der Waals surface area contributed by atoms with E-state index in [2.05, 4.69) is 15.2 Å². The second kappa shape index (κ2) is 5.45. The Bertz CT molecular complexity index is 1160. The Labute approximate surface area is 146 Å². The normalized spacial score (nSPS) is 13.5. The maximum atomic E-state index is 14.4. The van der Waals surface area contributed by atoms with Gasteiger partial charge < -0.3 is 4.57 Å². The number of hydrogen-bond acceptors (Lipinski definition) is 2. The molecule has 0 fully saturated rings. The van der Waals surface area contributed by atoms with E-state index in [-0.39, 0.29) is 11.3 Å². The van der Waals surface area contributed by atoms with Crippen LogP contribution in [0.4, 0.5) is 13.2 Å². The van der Waals surface area contributed by atoms with Gasteiger partial charge in [-0.3, -0.25) is 5.10 Å². The molecule has 0 radical (unpaired) electrons. The van der Waals surface area contributed by atoms with Crippen molar-refractivity contribution in [1.29, 1.82) is 0 Å². The van der Waals surface area contributed by atoms with Crippen molar-refractivity contribution in [3.05, 3.63) is 59.8 Å². The number of H-pyrrole nitrogens is 1. The molecule has 1 aliphatic rings. The molecule has 0 saturated heterocycles. The van der Waals surface area contributed by atoms with E-state index in [1.54, 1.807) is 6.20 Å². The van der Waals surface area contributed by atoms with Crippen LogP contribution in [0, 0.1) is 17.5 Å². The lowest BCUT2D eigenvalue weighted by molar-refractivity contribution is 0.497. The minimum atomic E-state index is -1.22. The molecule has 26 heavy (non-hydrogen) atoms. The largest absolute Gasteiger partial charge is 0.327 e. The molecule has 1 aliphatic heterocycles. The number of aryl methyl sites for hydroxylation is 1. The first kappa shape index (κ1) is 15.2. The van der Waals surface area contributed by atoms with Gasteiger partial charge in [-0.25, -0.2) is 18.2 Å². The first-order valence-corrected chi connectivity index (χ1v) is 8.29. The van der Waals surface area contributed by atoms with Crippen LogP contribution in [0.25, 0.3) is 33.4 Å². The van der Waals surface area contributed by atoms with Crippen molar-refractivity contribution >= 4 is 10.9 Å². The van der Waals surface area contributed by atoms with E-state index >= 15 is 0 Å². The van der Waals surface area contributed by atoms with Gasteiger partial charge in [0, 0.05) is 35.5 Å².